The fourth-order valence-corrected chi connectivity index (χ4v) is 3.42. The lowest BCUT2D eigenvalue weighted by atomic mass is 10.0. The highest BCUT2D eigenvalue weighted by molar-refractivity contribution is 6.01. The first-order chi connectivity index (χ1) is 17.8. The van der Waals surface area contributed by atoms with Crippen molar-refractivity contribution in [3.05, 3.63) is 71.0 Å². The van der Waals surface area contributed by atoms with Crippen LogP contribution in [0.5, 0.6) is 0 Å². The van der Waals surface area contributed by atoms with E-state index in [2.05, 4.69) is 55.7 Å². The number of nitrogens with zero attached hydrogens (tertiary/aromatic N) is 1. The van der Waals surface area contributed by atoms with Crippen molar-refractivity contribution >= 4 is 11.5 Å². The first-order valence-corrected chi connectivity index (χ1v) is 13.3. The van der Waals surface area contributed by atoms with Crippen LogP contribution >= 0.6 is 0 Å². The summed E-state index contributed by atoms with van der Waals surface area (Å²) < 4.78 is 35.5. The highest BCUT2D eigenvalue weighted by Crippen LogP contribution is 2.23. The molecule has 38 heavy (non-hydrogen) atoms. The first-order valence-electron chi connectivity index (χ1n) is 13.3. The molecule has 5 nitrogen and oxygen atoms in total. The summed E-state index contributed by atoms with van der Waals surface area (Å²) in [6.07, 6.45) is 12.6. The number of aliphatic imine (C=N–C) groups is 1. The molecule has 0 aliphatic carbocycles. The number of aliphatic hydroxyl groups is 1. The van der Waals surface area contributed by atoms with Crippen LogP contribution in [-0.4, -0.2) is 41.7 Å². The Bertz CT molecular complexity index is 975. The molecule has 1 saturated heterocycles. The van der Waals surface area contributed by atoms with Gasteiger partial charge in [-0.3, -0.25) is 9.79 Å². The summed E-state index contributed by atoms with van der Waals surface area (Å²) >= 11 is 0. The van der Waals surface area contributed by atoms with E-state index in [9.17, 15) is 13.6 Å². The average Bonchev–Trinajstić information content (AvgIpc) is 3.30. The molecule has 0 saturated carbocycles. The molecule has 0 amide bonds. The van der Waals surface area contributed by atoms with Gasteiger partial charge in [0.15, 0.2) is 23.2 Å². The molecule has 2 atom stereocenters. The second-order valence-electron chi connectivity index (χ2n) is 9.61. The Hall–Kier alpha value is -2.48. The van der Waals surface area contributed by atoms with E-state index in [4.69, 9.17) is 9.84 Å². The van der Waals surface area contributed by atoms with Crippen LogP contribution in [0.1, 0.15) is 97.9 Å². The van der Waals surface area contributed by atoms with Gasteiger partial charge in [0.05, 0.1) is 6.10 Å². The monoisotopic (exact) mass is 535 g/mol. The summed E-state index contributed by atoms with van der Waals surface area (Å²) in [4.78, 5) is 16.3. The van der Waals surface area contributed by atoms with Gasteiger partial charge in [-0.15, -0.1) is 0 Å². The number of halogens is 2. The minimum Gasteiger partial charge on any atom is -0.367 e. The largest absolute Gasteiger partial charge is 0.367 e. The van der Waals surface area contributed by atoms with Crippen molar-refractivity contribution in [2.45, 2.75) is 105 Å². The van der Waals surface area contributed by atoms with Gasteiger partial charge < -0.3 is 14.6 Å². The maximum atomic E-state index is 12.9. The molecule has 0 radical (unpaired) electrons. The molecule has 2 rings (SSSR count). The summed E-state index contributed by atoms with van der Waals surface area (Å²) in [5, 5.41) is 8.60. The highest BCUT2D eigenvalue weighted by Gasteiger charge is 2.29. The topological polar surface area (TPSA) is 68.1 Å². The molecular formula is C31H47F2NO4. The van der Waals surface area contributed by atoms with Crippen LogP contribution in [0.25, 0.3) is 0 Å². The van der Waals surface area contributed by atoms with Gasteiger partial charge in [-0.1, -0.05) is 44.1 Å². The predicted molar refractivity (Wildman–Crippen MR) is 153 cm³/mol. The number of carbonyl (C=O) groups excluding carboxylic acids is 1. The van der Waals surface area contributed by atoms with E-state index in [1.807, 2.05) is 20.0 Å². The average molecular weight is 536 g/mol. The zero-order chi connectivity index (χ0) is 29.3. The molecule has 1 N–H and O–H groups in total. The third-order valence-electron chi connectivity index (χ3n) is 5.65. The lowest BCUT2D eigenvalue weighted by Crippen LogP contribution is -2.21. The van der Waals surface area contributed by atoms with Gasteiger partial charge in [0.1, 0.15) is 6.10 Å². The number of carbonyl (C=O) groups is 1. The van der Waals surface area contributed by atoms with Crippen molar-refractivity contribution in [1.82, 2.24) is 0 Å². The maximum absolute atomic E-state index is 12.9. The normalized spacial score (nSPS) is 18.6. The van der Waals surface area contributed by atoms with Crippen molar-refractivity contribution in [2.24, 2.45) is 4.99 Å². The number of allylic oxidation sites excluding steroid dienone is 5. The van der Waals surface area contributed by atoms with E-state index >= 15 is 0 Å². The summed E-state index contributed by atoms with van der Waals surface area (Å²) in [5.41, 5.74) is 3.98. The molecular weight excluding hydrogens is 488 g/mol. The molecule has 214 valence electrons. The van der Waals surface area contributed by atoms with Crippen LogP contribution in [-0.2, 0) is 9.47 Å². The van der Waals surface area contributed by atoms with E-state index in [1.165, 1.54) is 30.7 Å². The van der Waals surface area contributed by atoms with E-state index in [0.29, 0.717) is 6.42 Å². The number of hydrogen-bond donors (Lipinski definition) is 1. The van der Waals surface area contributed by atoms with Crippen molar-refractivity contribution in [3.8, 4) is 0 Å². The molecule has 1 aliphatic rings. The number of Topliss-reactive ketones (excluding diaryl/α,β-unsaturated/α-hetero) is 1. The third-order valence-corrected chi connectivity index (χ3v) is 5.65. The standard InChI is InChI=1S/C15H25N.C12H12F2O2.C4H10O2/c1-6-9-12-16-14(5)15(11-8-3)13(4)10-7-2;1-7-2-5-11(16-7)12(15)8-3-4-9(13)10(14)6-8;1-4(2,5)6-3/h8-9,11-12H,6-7,10H2,1-5H3;3-4,6-7,11H,2,5H2,1H3;5H,1-3H3/b11-8-,12-9+,15-13+,16-14+;;. The van der Waals surface area contributed by atoms with Crippen LogP contribution in [0.4, 0.5) is 8.78 Å². The molecule has 2 unspecified atom stereocenters. The van der Waals surface area contributed by atoms with Crippen LogP contribution in [0.2, 0.25) is 0 Å². The van der Waals surface area contributed by atoms with Gasteiger partial charge in [-0.2, -0.15) is 0 Å². The molecule has 1 fully saturated rings. The Balaban J connectivity index is 0.000000596. The summed E-state index contributed by atoms with van der Waals surface area (Å²) in [6.45, 7) is 15.7. The number of methoxy groups -OCH3 is 1. The second kappa shape index (κ2) is 18.7. The maximum Gasteiger partial charge on any atom is 0.191 e. The van der Waals surface area contributed by atoms with E-state index in [1.54, 1.807) is 13.8 Å². The van der Waals surface area contributed by atoms with Crippen molar-refractivity contribution in [2.75, 3.05) is 7.11 Å². The number of benzene rings is 1. The molecule has 7 heteroatoms. The Morgan fingerprint density at radius 3 is 2.29 bits per heavy atom. The highest BCUT2D eigenvalue weighted by atomic mass is 19.2. The fraction of sp³-hybridized carbons (Fsp3) is 0.548. The zero-order valence-electron chi connectivity index (χ0n) is 24.6. The molecule has 0 aromatic heterocycles. The number of hydrogen-bond acceptors (Lipinski definition) is 5. The lowest BCUT2D eigenvalue weighted by Gasteiger charge is -2.12. The Morgan fingerprint density at radius 1 is 1.21 bits per heavy atom. The van der Waals surface area contributed by atoms with E-state index < -0.39 is 23.5 Å². The Labute approximate surface area is 228 Å². The van der Waals surface area contributed by atoms with Crippen LogP contribution in [0.3, 0.4) is 0 Å². The van der Waals surface area contributed by atoms with Crippen molar-refractivity contribution in [3.63, 3.8) is 0 Å². The van der Waals surface area contributed by atoms with E-state index in [0.717, 1.165) is 37.1 Å². The van der Waals surface area contributed by atoms with E-state index in [-0.39, 0.29) is 17.5 Å². The summed E-state index contributed by atoms with van der Waals surface area (Å²) in [6, 6.07) is 3.16. The smallest absolute Gasteiger partial charge is 0.191 e. The molecule has 1 aromatic rings. The first kappa shape index (κ1) is 35.5. The predicted octanol–water partition coefficient (Wildman–Crippen LogP) is 8.14. The third kappa shape index (κ3) is 14.5. The Kier molecular flexibility index (Phi) is 17.5. The number of rotatable bonds is 9. The number of ketones is 1. The quantitative estimate of drug-likeness (QED) is 0.150. The zero-order valence-corrected chi connectivity index (χ0v) is 24.6. The molecule has 1 heterocycles. The fourth-order valence-electron chi connectivity index (χ4n) is 3.42. The second-order valence-corrected chi connectivity index (χ2v) is 9.61. The molecule has 0 spiro atoms. The van der Waals surface area contributed by atoms with Gasteiger partial charge in [-0.05, 0) is 91.0 Å². The van der Waals surface area contributed by atoms with Gasteiger partial charge in [0.25, 0.3) is 0 Å². The van der Waals surface area contributed by atoms with Gasteiger partial charge in [-0.25, -0.2) is 8.78 Å². The minimum absolute atomic E-state index is 0.0549. The lowest BCUT2D eigenvalue weighted by molar-refractivity contribution is -0.155. The van der Waals surface area contributed by atoms with Gasteiger partial charge >= 0.3 is 0 Å². The van der Waals surface area contributed by atoms with Crippen LogP contribution in [0, 0.1) is 11.6 Å². The SMILES string of the molecule is CC1CCC(C(=O)c2ccc(F)c(F)c2)O1.COC(C)(C)O.C\C=C/C(C(/C)=N/C=C/CC)=C(/C)CCC. The molecule has 0 bridgehead atoms. The van der Waals surface area contributed by atoms with Crippen LogP contribution in [0.15, 0.2) is 58.8 Å². The molecule has 1 aromatic carbocycles. The minimum atomic E-state index is -1.00. The van der Waals surface area contributed by atoms with Crippen molar-refractivity contribution < 1.29 is 28.2 Å². The van der Waals surface area contributed by atoms with Gasteiger partial charge in [0, 0.05) is 24.6 Å². The van der Waals surface area contributed by atoms with Crippen LogP contribution < -0.4 is 0 Å². The number of ether oxygens (including phenoxy) is 2. The summed E-state index contributed by atoms with van der Waals surface area (Å²) in [5.74, 6) is -3.18. The van der Waals surface area contributed by atoms with Crippen molar-refractivity contribution in [1.29, 1.82) is 0 Å². The van der Waals surface area contributed by atoms with Gasteiger partial charge in [0.2, 0.25) is 0 Å². The summed E-state index contributed by atoms with van der Waals surface area (Å²) in [7, 11) is 1.46. The molecule has 1 aliphatic heterocycles. The Morgan fingerprint density at radius 2 is 1.84 bits per heavy atom.